The molecule has 1 unspecified atom stereocenters. The number of hydrogen-bond acceptors (Lipinski definition) is 3. The lowest BCUT2D eigenvalue weighted by atomic mass is 9.91. The van der Waals surface area contributed by atoms with Gasteiger partial charge in [-0.3, -0.25) is 0 Å². The molecule has 35 heavy (non-hydrogen) atoms. The van der Waals surface area contributed by atoms with Crippen LogP contribution in [0.5, 0.6) is 0 Å². The van der Waals surface area contributed by atoms with E-state index in [0.29, 0.717) is 11.6 Å². The Bertz CT molecular complexity index is 1370. The van der Waals surface area contributed by atoms with Gasteiger partial charge in [-0.2, -0.15) is 18.5 Å². The molecule has 3 aromatic rings. The van der Waals surface area contributed by atoms with Crippen molar-refractivity contribution in [3.63, 3.8) is 0 Å². The van der Waals surface area contributed by atoms with Gasteiger partial charge in [-0.1, -0.05) is 72.3 Å². The van der Waals surface area contributed by atoms with Crippen molar-refractivity contribution in [2.75, 3.05) is 20.6 Å². The van der Waals surface area contributed by atoms with E-state index in [4.69, 9.17) is 22.4 Å². The lowest BCUT2D eigenvalue weighted by Gasteiger charge is -2.17. The number of hydrazone groups is 1. The van der Waals surface area contributed by atoms with Gasteiger partial charge in [-0.05, 0) is 35.4 Å². The number of halogens is 1. The van der Waals surface area contributed by atoms with Gasteiger partial charge >= 0.3 is 0 Å². The third-order valence-corrected chi connectivity index (χ3v) is 6.93. The first-order valence-corrected chi connectivity index (χ1v) is 12.6. The molecule has 0 amide bonds. The molecule has 1 aliphatic rings. The summed E-state index contributed by atoms with van der Waals surface area (Å²) in [6, 6.07) is 25.2. The summed E-state index contributed by atoms with van der Waals surface area (Å²) in [5.41, 5.74) is 8.70. The smallest absolute Gasteiger partial charge is 0.285 e. The van der Waals surface area contributed by atoms with Gasteiger partial charge in [0.05, 0.1) is 17.2 Å². The van der Waals surface area contributed by atoms with Gasteiger partial charge in [-0.25, -0.2) is 5.01 Å². The molecular weight excluding hydrogens is 484 g/mol. The highest BCUT2D eigenvalue weighted by Crippen LogP contribution is 2.30. The third-order valence-electron chi connectivity index (χ3n) is 5.40. The summed E-state index contributed by atoms with van der Waals surface area (Å²) in [5.74, 6) is -0.179. The van der Waals surface area contributed by atoms with Crippen molar-refractivity contribution in [1.29, 1.82) is 0 Å². The Hall–Kier alpha value is -3.69. The van der Waals surface area contributed by atoms with E-state index in [1.807, 2.05) is 42.5 Å². The van der Waals surface area contributed by atoms with Crippen LogP contribution >= 0.6 is 11.6 Å². The van der Waals surface area contributed by atoms with Crippen molar-refractivity contribution < 1.29 is 8.42 Å². The fourth-order valence-corrected chi connectivity index (χ4v) is 4.62. The maximum atomic E-state index is 13.1. The molecule has 4 rings (SSSR count). The average molecular weight is 509 g/mol. The van der Waals surface area contributed by atoms with E-state index in [1.165, 1.54) is 17.1 Å². The summed E-state index contributed by atoms with van der Waals surface area (Å²) in [6.45, 7) is 0.329. The first-order chi connectivity index (χ1) is 16.7. The van der Waals surface area contributed by atoms with Crippen LogP contribution < -0.4 is 5.73 Å². The van der Waals surface area contributed by atoms with Gasteiger partial charge in [0.1, 0.15) is 0 Å². The minimum Gasteiger partial charge on any atom is -0.369 e. The SMILES string of the molecule is CN(C)/C(N)=N/C(=N\S(=O)(=O)c1ccccc1)N1CC(c2ccccc2)C(c2ccc(Cl)cc2)=N1. The number of rotatable bonds is 4. The van der Waals surface area contributed by atoms with Crippen LogP contribution in [0.1, 0.15) is 17.0 Å². The second kappa shape index (κ2) is 10.3. The predicted octanol–water partition coefficient (Wildman–Crippen LogP) is 3.76. The van der Waals surface area contributed by atoms with E-state index in [2.05, 4.69) is 9.39 Å². The highest BCUT2D eigenvalue weighted by atomic mass is 35.5. The second-order valence-corrected chi connectivity index (χ2v) is 10.1. The van der Waals surface area contributed by atoms with E-state index in [9.17, 15) is 8.42 Å². The number of hydrogen-bond donors (Lipinski definition) is 1. The predicted molar refractivity (Wildman–Crippen MR) is 140 cm³/mol. The zero-order chi connectivity index (χ0) is 25.0. The first-order valence-electron chi connectivity index (χ1n) is 10.8. The standard InChI is InChI=1S/C25H25ClN6O2S/c1-31(2)24(27)28-25(30-35(33,34)21-11-7-4-8-12-21)32-17-22(18-9-5-3-6-10-18)23(29-32)19-13-15-20(26)16-14-19/h3-16,22H,17H2,1-2H3,(H2,27,28,30). The van der Waals surface area contributed by atoms with Crippen molar-refractivity contribution in [3.8, 4) is 0 Å². The minimum atomic E-state index is -4.06. The third kappa shape index (κ3) is 5.70. The Morgan fingerprint density at radius 1 is 1.00 bits per heavy atom. The maximum Gasteiger partial charge on any atom is 0.285 e. The van der Waals surface area contributed by atoms with Crippen LogP contribution in [0.4, 0.5) is 0 Å². The highest BCUT2D eigenvalue weighted by molar-refractivity contribution is 7.90. The van der Waals surface area contributed by atoms with Crippen LogP contribution in [0, 0.1) is 0 Å². The molecule has 0 saturated carbocycles. The van der Waals surface area contributed by atoms with Gasteiger partial charge in [0.25, 0.3) is 16.0 Å². The molecule has 1 atom stereocenters. The Kier molecular flexibility index (Phi) is 7.18. The van der Waals surface area contributed by atoms with Crippen LogP contribution in [-0.4, -0.2) is 56.6 Å². The number of guanidine groups is 2. The van der Waals surface area contributed by atoms with Crippen molar-refractivity contribution in [2.45, 2.75) is 10.8 Å². The molecule has 1 heterocycles. The van der Waals surface area contributed by atoms with Gasteiger partial charge in [0.15, 0.2) is 5.96 Å². The Morgan fingerprint density at radius 2 is 1.60 bits per heavy atom. The molecule has 180 valence electrons. The number of nitrogens with two attached hydrogens (primary N) is 1. The van der Waals surface area contributed by atoms with Crippen molar-refractivity contribution in [1.82, 2.24) is 9.91 Å². The molecular formula is C25H25ClN6O2S. The lowest BCUT2D eigenvalue weighted by molar-refractivity contribution is 0.469. The van der Waals surface area contributed by atoms with Crippen molar-refractivity contribution in [2.24, 2.45) is 20.2 Å². The quantitative estimate of drug-likeness (QED) is 0.427. The Labute approximate surface area is 210 Å². The van der Waals surface area contributed by atoms with Gasteiger partial charge in [-0.15, -0.1) is 4.40 Å². The zero-order valence-corrected chi connectivity index (χ0v) is 20.9. The van der Waals surface area contributed by atoms with Crippen LogP contribution in [-0.2, 0) is 10.0 Å². The molecule has 10 heteroatoms. The van der Waals surface area contributed by atoms with E-state index >= 15 is 0 Å². The number of aliphatic imine (C=N–C) groups is 1. The van der Waals surface area contributed by atoms with E-state index in [0.717, 1.165) is 16.8 Å². The Balaban J connectivity index is 1.83. The molecule has 1 aliphatic heterocycles. The topological polar surface area (TPSA) is 104 Å². The van der Waals surface area contributed by atoms with Gasteiger partial charge < -0.3 is 10.6 Å². The zero-order valence-electron chi connectivity index (χ0n) is 19.3. The van der Waals surface area contributed by atoms with Crippen LogP contribution in [0.3, 0.4) is 0 Å². The molecule has 0 aromatic heterocycles. The highest BCUT2D eigenvalue weighted by Gasteiger charge is 2.32. The fraction of sp³-hybridized carbons (Fsp3) is 0.160. The molecule has 0 aliphatic carbocycles. The van der Waals surface area contributed by atoms with Crippen LogP contribution in [0.25, 0.3) is 0 Å². The van der Waals surface area contributed by atoms with Gasteiger partial charge in [0.2, 0.25) is 0 Å². The average Bonchev–Trinajstić information content (AvgIpc) is 3.30. The molecule has 2 N–H and O–H groups in total. The molecule has 0 spiro atoms. The van der Waals surface area contributed by atoms with Crippen LogP contribution in [0.15, 0.2) is 104 Å². The monoisotopic (exact) mass is 508 g/mol. The van der Waals surface area contributed by atoms with Crippen molar-refractivity contribution >= 4 is 39.3 Å². The summed E-state index contributed by atoms with van der Waals surface area (Å²) in [4.78, 5) is 5.95. The summed E-state index contributed by atoms with van der Waals surface area (Å²) in [5, 5.41) is 6.86. The summed E-state index contributed by atoms with van der Waals surface area (Å²) in [7, 11) is -0.640. The van der Waals surface area contributed by atoms with Gasteiger partial charge in [0, 0.05) is 25.0 Å². The summed E-state index contributed by atoms with van der Waals surface area (Å²) < 4.78 is 30.2. The molecule has 8 nitrogen and oxygen atoms in total. The maximum absolute atomic E-state index is 13.1. The number of nitrogens with zero attached hydrogens (tertiary/aromatic N) is 5. The van der Waals surface area contributed by atoms with E-state index in [-0.39, 0.29) is 22.7 Å². The fourth-order valence-electron chi connectivity index (χ4n) is 3.53. The molecule has 3 aromatic carbocycles. The largest absolute Gasteiger partial charge is 0.369 e. The van der Waals surface area contributed by atoms with Crippen LogP contribution in [0.2, 0.25) is 5.02 Å². The molecule has 0 fully saturated rings. The normalized spacial score (nSPS) is 16.8. The first kappa shape index (κ1) is 24.4. The summed E-state index contributed by atoms with van der Waals surface area (Å²) in [6.07, 6.45) is 0. The minimum absolute atomic E-state index is 0.0526. The van der Waals surface area contributed by atoms with E-state index in [1.54, 1.807) is 49.3 Å². The summed E-state index contributed by atoms with van der Waals surface area (Å²) >= 11 is 6.10. The number of sulfonamides is 1. The Morgan fingerprint density at radius 3 is 2.20 bits per heavy atom. The lowest BCUT2D eigenvalue weighted by Crippen LogP contribution is -2.34. The van der Waals surface area contributed by atoms with E-state index < -0.39 is 10.0 Å². The molecule has 0 bridgehead atoms. The molecule has 0 saturated heterocycles. The second-order valence-electron chi connectivity index (χ2n) is 8.08. The number of benzene rings is 3. The van der Waals surface area contributed by atoms with Crippen molar-refractivity contribution in [3.05, 3.63) is 101 Å². The molecule has 0 radical (unpaired) electrons.